The summed E-state index contributed by atoms with van der Waals surface area (Å²) in [4.78, 5) is 12.2. The van der Waals surface area contributed by atoms with Gasteiger partial charge in [0.2, 0.25) is 0 Å². The molecule has 1 aliphatic heterocycles. The molecular weight excluding hydrogens is 494 g/mol. The smallest absolute Gasteiger partial charge is 0.336 e. The van der Waals surface area contributed by atoms with Crippen LogP contribution < -0.4 is 20.5 Å². The molecule has 0 saturated heterocycles. The molecule has 0 bridgehead atoms. The van der Waals surface area contributed by atoms with Gasteiger partial charge in [-0.25, -0.2) is 4.79 Å². The highest BCUT2D eigenvalue weighted by Gasteiger charge is 2.24. The minimum absolute atomic E-state index is 0.254. The van der Waals surface area contributed by atoms with Crippen LogP contribution >= 0.6 is 0 Å². The number of aromatic carboxylic acids is 1. The number of carbonyl (C=O) groups is 1. The molecule has 0 saturated carbocycles. The van der Waals surface area contributed by atoms with Gasteiger partial charge in [0.25, 0.3) is 0 Å². The number of rotatable bonds is 5. The molecule has 0 aliphatic carbocycles. The van der Waals surface area contributed by atoms with Crippen molar-refractivity contribution in [3.63, 3.8) is 0 Å². The Balaban J connectivity index is 1.55. The zero-order valence-electron chi connectivity index (χ0n) is 22.7. The Hall–Kier alpha value is -5.09. The van der Waals surface area contributed by atoms with E-state index in [0.29, 0.717) is 17.1 Å². The summed E-state index contributed by atoms with van der Waals surface area (Å²) in [5.74, 6) is 0.398. The number of carboxylic acid groups (broad SMARTS) is 1. The summed E-state index contributed by atoms with van der Waals surface area (Å²) in [5.41, 5.74) is 9.23. The maximum Gasteiger partial charge on any atom is 0.336 e. The van der Waals surface area contributed by atoms with Gasteiger partial charge in [-0.1, -0.05) is 66.2 Å². The van der Waals surface area contributed by atoms with Crippen molar-refractivity contribution in [2.24, 2.45) is 0 Å². The van der Waals surface area contributed by atoms with Gasteiger partial charge in [0.1, 0.15) is 11.5 Å². The molecule has 4 heteroatoms. The van der Waals surface area contributed by atoms with Crippen LogP contribution in [0.2, 0.25) is 0 Å². The first-order valence-electron chi connectivity index (χ1n) is 13.3. The number of aryl methyl sites for hydroxylation is 3. The lowest BCUT2D eigenvalue weighted by molar-refractivity contribution is 0.0696. The van der Waals surface area contributed by atoms with Crippen molar-refractivity contribution in [3.8, 4) is 11.5 Å². The lowest BCUT2D eigenvalue weighted by Crippen LogP contribution is -2.21. The monoisotopic (exact) mass is 523 g/mol. The second kappa shape index (κ2) is 10.2. The maximum atomic E-state index is 12.2. The first kappa shape index (κ1) is 25.2. The topological polar surface area (TPSA) is 58.6 Å². The Labute approximate surface area is 233 Å². The summed E-state index contributed by atoms with van der Waals surface area (Å²) < 4.78 is 6.54. The third-order valence-electron chi connectivity index (χ3n) is 7.34. The van der Waals surface area contributed by atoms with Crippen LogP contribution in [0.15, 0.2) is 103 Å². The number of hydrogen-bond acceptors (Lipinski definition) is 3. The third-order valence-corrected chi connectivity index (χ3v) is 7.34. The summed E-state index contributed by atoms with van der Waals surface area (Å²) in [5, 5.41) is 15.4. The summed E-state index contributed by atoms with van der Waals surface area (Å²) in [6.07, 6.45) is 2.15. The molecule has 0 atom stereocenters. The van der Waals surface area contributed by atoms with Crippen molar-refractivity contribution in [3.05, 3.63) is 153 Å². The number of para-hydroxylation sites is 1. The van der Waals surface area contributed by atoms with E-state index in [2.05, 4.69) is 62.5 Å². The van der Waals surface area contributed by atoms with E-state index in [0.717, 1.165) is 44.1 Å². The summed E-state index contributed by atoms with van der Waals surface area (Å²) in [7, 11) is 0. The third kappa shape index (κ3) is 4.76. The Morgan fingerprint density at radius 2 is 1.55 bits per heavy atom. The average molecular weight is 524 g/mol. The Bertz CT molecular complexity index is 1920. The zero-order chi connectivity index (χ0) is 27.8. The van der Waals surface area contributed by atoms with E-state index < -0.39 is 5.97 Å². The Kier molecular flexibility index (Phi) is 6.45. The van der Waals surface area contributed by atoms with Gasteiger partial charge in [-0.05, 0) is 90.7 Å². The van der Waals surface area contributed by atoms with Gasteiger partial charge < -0.3 is 15.2 Å². The standard InChI is InChI=1S/C36H29NO3/c1-22-12-14-26(24(3)18-22)19-25-13-16-30-33(20-25)40-34-21-27(37-32-11-7-4-8-23(32)2)15-17-31(34)35(30)28-9-5-6-10-29(28)36(38)39/h4-21,37H,1-3H3,(H,38,39)/b25-19+. The minimum Gasteiger partial charge on any atom is -0.478 e. The highest BCUT2D eigenvalue weighted by atomic mass is 16.5. The van der Waals surface area contributed by atoms with Gasteiger partial charge in [0.05, 0.1) is 5.56 Å². The Morgan fingerprint density at radius 1 is 0.750 bits per heavy atom. The molecule has 40 heavy (non-hydrogen) atoms. The van der Waals surface area contributed by atoms with E-state index >= 15 is 0 Å². The maximum absolute atomic E-state index is 12.2. The molecule has 0 unspecified atom stereocenters. The number of nitrogens with one attached hydrogen (secondary N) is 1. The van der Waals surface area contributed by atoms with Gasteiger partial charge in [-0.2, -0.15) is 0 Å². The molecule has 6 rings (SSSR count). The first-order valence-corrected chi connectivity index (χ1v) is 13.3. The van der Waals surface area contributed by atoms with Crippen LogP contribution in [-0.2, 0) is 0 Å². The van der Waals surface area contributed by atoms with Crippen LogP contribution in [0, 0.1) is 20.8 Å². The molecule has 196 valence electrons. The van der Waals surface area contributed by atoms with Gasteiger partial charge in [-0.3, -0.25) is 0 Å². The van der Waals surface area contributed by atoms with Gasteiger partial charge in [0, 0.05) is 33.8 Å². The molecule has 2 N–H and O–H groups in total. The molecule has 5 aromatic rings. The van der Waals surface area contributed by atoms with E-state index in [9.17, 15) is 9.90 Å². The SMILES string of the molecule is Cc1ccc(/C=c2\ccc3c(c2)Oc2cc(Nc4ccccc4C)ccc2C=3c2ccccc2C(=O)O)c(C)c1. The van der Waals surface area contributed by atoms with Crippen LogP contribution in [0.1, 0.15) is 43.7 Å². The first-order chi connectivity index (χ1) is 19.4. The van der Waals surface area contributed by atoms with Crippen LogP contribution in [0.25, 0.3) is 11.6 Å². The molecule has 0 spiro atoms. The molecule has 1 heterocycles. The second-order valence-corrected chi connectivity index (χ2v) is 10.2. The number of ether oxygens (including phenoxy) is 1. The van der Waals surface area contributed by atoms with E-state index in [1.54, 1.807) is 12.1 Å². The van der Waals surface area contributed by atoms with E-state index in [1.165, 1.54) is 11.1 Å². The van der Waals surface area contributed by atoms with Crippen molar-refractivity contribution in [1.29, 1.82) is 0 Å². The minimum atomic E-state index is -0.963. The Morgan fingerprint density at radius 3 is 2.35 bits per heavy atom. The van der Waals surface area contributed by atoms with Crippen LogP contribution in [-0.4, -0.2) is 11.1 Å². The molecular formula is C36H29NO3. The molecule has 0 amide bonds. The fraction of sp³-hybridized carbons (Fsp3) is 0.0833. The molecule has 1 aliphatic rings. The zero-order valence-corrected chi connectivity index (χ0v) is 22.7. The van der Waals surface area contributed by atoms with Gasteiger partial charge in [-0.15, -0.1) is 0 Å². The van der Waals surface area contributed by atoms with Crippen LogP contribution in [0.3, 0.4) is 0 Å². The fourth-order valence-electron chi connectivity index (χ4n) is 5.29. The van der Waals surface area contributed by atoms with Crippen molar-refractivity contribution in [2.75, 3.05) is 5.32 Å². The lowest BCUT2D eigenvalue weighted by Gasteiger charge is -2.23. The lowest BCUT2D eigenvalue weighted by atomic mass is 9.89. The second-order valence-electron chi connectivity index (χ2n) is 10.2. The van der Waals surface area contributed by atoms with Crippen molar-refractivity contribution in [1.82, 2.24) is 0 Å². The van der Waals surface area contributed by atoms with Gasteiger partial charge in [0.15, 0.2) is 0 Å². The van der Waals surface area contributed by atoms with Crippen LogP contribution in [0.4, 0.5) is 11.4 Å². The van der Waals surface area contributed by atoms with E-state index in [1.807, 2.05) is 60.7 Å². The number of fused-ring (bicyclic) bond motifs is 2. The number of hydrogen-bond donors (Lipinski definition) is 2. The molecule has 4 nitrogen and oxygen atoms in total. The number of carboxylic acids is 1. The quantitative estimate of drug-likeness (QED) is 0.250. The molecule has 0 fully saturated rings. The van der Waals surface area contributed by atoms with Crippen LogP contribution in [0.5, 0.6) is 11.5 Å². The summed E-state index contributed by atoms with van der Waals surface area (Å²) in [6.45, 7) is 6.27. The van der Waals surface area contributed by atoms with E-state index in [-0.39, 0.29) is 5.56 Å². The predicted octanol–water partition coefficient (Wildman–Crippen LogP) is 7.24. The van der Waals surface area contributed by atoms with E-state index in [4.69, 9.17) is 4.74 Å². The van der Waals surface area contributed by atoms with Gasteiger partial charge >= 0.3 is 5.97 Å². The summed E-state index contributed by atoms with van der Waals surface area (Å²) in [6, 6.07) is 33.8. The summed E-state index contributed by atoms with van der Waals surface area (Å²) >= 11 is 0. The fourth-order valence-corrected chi connectivity index (χ4v) is 5.29. The largest absolute Gasteiger partial charge is 0.478 e. The molecule has 5 aromatic carbocycles. The number of benzene rings is 5. The normalized spacial score (nSPS) is 12.4. The highest BCUT2D eigenvalue weighted by Crippen LogP contribution is 2.39. The van der Waals surface area contributed by atoms with Crippen molar-refractivity contribution < 1.29 is 14.6 Å². The number of anilines is 2. The van der Waals surface area contributed by atoms with Crippen molar-refractivity contribution >= 4 is 29.0 Å². The molecule has 0 radical (unpaired) electrons. The predicted molar refractivity (Wildman–Crippen MR) is 161 cm³/mol. The molecule has 0 aromatic heterocycles. The average Bonchev–Trinajstić information content (AvgIpc) is 2.94. The highest BCUT2D eigenvalue weighted by molar-refractivity contribution is 5.98. The van der Waals surface area contributed by atoms with Crippen molar-refractivity contribution in [2.45, 2.75) is 20.8 Å².